The number of anilines is 1. The van der Waals surface area contributed by atoms with Crippen LogP contribution in [0.4, 0.5) is 10.1 Å². The maximum absolute atomic E-state index is 13.1. The summed E-state index contributed by atoms with van der Waals surface area (Å²) < 4.78 is 14.0. The first-order chi connectivity index (χ1) is 8.56. The normalized spacial score (nSPS) is 12.4. The number of hydrogen-bond donors (Lipinski definition) is 2. The van der Waals surface area contributed by atoms with Crippen LogP contribution >= 0.6 is 15.9 Å². The minimum Gasteiger partial charge on any atom is -0.398 e. The Morgan fingerprint density at radius 1 is 1.33 bits per heavy atom. The van der Waals surface area contributed by atoms with E-state index in [1.165, 1.54) is 18.2 Å². The molecule has 0 aliphatic carbocycles. The van der Waals surface area contributed by atoms with E-state index in [1.54, 1.807) is 12.3 Å². The lowest BCUT2D eigenvalue weighted by molar-refractivity contribution is 0.177. The lowest BCUT2D eigenvalue weighted by Crippen LogP contribution is -2.06. The smallest absolute Gasteiger partial charge is 0.123 e. The Bertz CT molecular complexity index is 545. The number of nitrogens with two attached hydrogens (primary N) is 1. The van der Waals surface area contributed by atoms with Gasteiger partial charge >= 0.3 is 0 Å². The average Bonchev–Trinajstić information content (AvgIpc) is 2.35. The maximum atomic E-state index is 13.1. The zero-order chi connectivity index (χ0) is 13.1. The molecule has 1 unspecified atom stereocenters. The van der Waals surface area contributed by atoms with Crippen LogP contribution in [0.15, 0.2) is 41.0 Å². The Labute approximate surface area is 113 Å². The number of benzene rings is 1. The summed E-state index contributed by atoms with van der Waals surface area (Å²) in [5, 5.41) is 10.1. The van der Waals surface area contributed by atoms with E-state index >= 15 is 0 Å². The monoisotopic (exact) mass is 310 g/mol. The fraction of sp³-hybridized carbons (Fsp3) is 0.154. The second kappa shape index (κ2) is 5.46. The first-order valence-corrected chi connectivity index (χ1v) is 6.19. The molecule has 2 aromatic rings. The summed E-state index contributed by atoms with van der Waals surface area (Å²) in [5.74, 6) is -0.415. The van der Waals surface area contributed by atoms with Gasteiger partial charge in [-0.05, 0) is 46.3 Å². The molecule has 1 atom stereocenters. The van der Waals surface area contributed by atoms with Crippen molar-refractivity contribution in [2.45, 2.75) is 12.5 Å². The van der Waals surface area contributed by atoms with Crippen molar-refractivity contribution in [2.75, 3.05) is 5.73 Å². The molecule has 0 radical (unpaired) electrons. The fourth-order valence-corrected chi connectivity index (χ4v) is 1.90. The molecule has 0 fully saturated rings. The van der Waals surface area contributed by atoms with Crippen LogP contribution in [0.5, 0.6) is 0 Å². The zero-order valence-electron chi connectivity index (χ0n) is 9.48. The van der Waals surface area contributed by atoms with Gasteiger partial charge in [-0.25, -0.2) is 4.39 Å². The highest BCUT2D eigenvalue weighted by molar-refractivity contribution is 9.10. The number of aliphatic hydroxyl groups is 1. The van der Waals surface area contributed by atoms with Crippen LogP contribution in [0.25, 0.3) is 0 Å². The molecule has 5 heteroatoms. The molecule has 2 rings (SSSR count). The van der Waals surface area contributed by atoms with Crippen molar-refractivity contribution in [1.82, 2.24) is 4.98 Å². The Morgan fingerprint density at radius 3 is 2.78 bits per heavy atom. The summed E-state index contributed by atoms with van der Waals surface area (Å²) in [6.45, 7) is 0. The second-order valence-electron chi connectivity index (χ2n) is 3.96. The first kappa shape index (κ1) is 13.0. The number of rotatable bonds is 3. The summed E-state index contributed by atoms with van der Waals surface area (Å²) >= 11 is 3.28. The Kier molecular flexibility index (Phi) is 3.93. The quantitative estimate of drug-likeness (QED) is 0.857. The summed E-state index contributed by atoms with van der Waals surface area (Å²) in [6, 6.07) is 7.60. The van der Waals surface area contributed by atoms with Crippen LogP contribution in [0.1, 0.15) is 17.4 Å². The van der Waals surface area contributed by atoms with Crippen LogP contribution in [0, 0.1) is 5.82 Å². The van der Waals surface area contributed by atoms with Crippen molar-refractivity contribution in [3.05, 3.63) is 58.1 Å². The average molecular weight is 311 g/mol. The van der Waals surface area contributed by atoms with E-state index in [9.17, 15) is 9.50 Å². The van der Waals surface area contributed by atoms with Gasteiger partial charge in [0.2, 0.25) is 0 Å². The molecular formula is C13H12BrFN2O. The number of pyridine rings is 1. The Morgan fingerprint density at radius 2 is 2.11 bits per heavy atom. The molecule has 0 bridgehead atoms. The third-order valence-electron chi connectivity index (χ3n) is 2.60. The molecule has 0 saturated carbocycles. The minimum absolute atomic E-state index is 0.293. The van der Waals surface area contributed by atoms with Crippen molar-refractivity contribution in [1.29, 1.82) is 0 Å². The van der Waals surface area contributed by atoms with Gasteiger partial charge in [0.15, 0.2) is 0 Å². The molecule has 3 nitrogen and oxygen atoms in total. The molecule has 0 amide bonds. The van der Waals surface area contributed by atoms with E-state index in [4.69, 9.17) is 5.73 Å². The van der Waals surface area contributed by atoms with E-state index < -0.39 is 11.9 Å². The van der Waals surface area contributed by atoms with Gasteiger partial charge < -0.3 is 10.8 Å². The standard InChI is InChI=1S/C13H12BrFN2O/c14-8-1-3-10(17-7-8)6-13(18)11-5-9(15)2-4-12(11)16/h1-5,7,13,18H,6,16H2. The summed E-state index contributed by atoms with van der Waals surface area (Å²) in [7, 11) is 0. The van der Waals surface area contributed by atoms with Gasteiger partial charge in [0, 0.05) is 34.0 Å². The van der Waals surface area contributed by atoms with Crippen LogP contribution < -0.4 is 5.73 Å². The molecule has 0 aliphatic heterocycles. The van der Waals surface area contributed by atoms with Crippen LogP contribution in [-0.4, -0.2) is 10.1 Å². The molecular weight excluding hydrogens is 299 g/mol. The third kappa shape index (κ3) is 3.05. The van der Waals surface area contributed by atoms with Crippen molar-refractivity contribution in [2.24, 2.45) is 0 Å². The van der Waals surface area contributed by atoms with E-state index in [1.807, 2.05) is 6.07 Å². The SMILES string of the molecule is Nc1ccc(F)cc1C(O)Cc1ccc(Br)cn1. The second-order valence-corrected chi connectivity index (χ2v) is 4.88. The minimum atomic E-state index is -0.866. The summed E-state index contributed by atoms with van der Waals surface area (Å²) in [6.07, 6.45) is 1.08. The van der Waals surface area contributed by atoms with E-state index in [0.717, 1.165) is 10.2 Å². The van der Waals surface area contributed by atoms with Gasteiger partial charge in [0.25, 0.3) is 0 Å². The molecule has 1 aromatic carbocycles. The number of nitrogens with zero attached hydrogens (tertiary/aromatic N) is 1. The predicted octanol–water partition coefficient (Wildman–Crippen LogP) is 2.84. The van der Waals surface area contributed by atoms with Gasteiger partial charge in [0.05, 0.1) is 6.10 Å². The largest absolute Gasteiger partial charge is 0.398 e. The molecule has 1 aromatic heterocycles. The van der Waals surface area contributed by atoms with Crippen LogP contribution in [0.3, 0.4) is 0 Å². The lowest BCUT2D eigenvalue weighted by Gasteiger charge is -2.13. The summed E-state index contributed by atoms with van der Waals surface area (Å²) in [4.78, 5) is 4.15. The van der Waals surface area contributed by atoms with Crippen LogP contribution in [0.2, 0.25) is 0 Å². The Balaban J connectivity index is 2.18. The highest BCUT2D eigenvalue weighted by atomic mass is 79.9. The number of halogens is 2. The van der Waals surface area contributed by atoms with Crippen molar-refractivity contribution < 1.29 is 9.50 Å². The van der Waals surface area contributed by atoms with Crippen LogP contribution in [-0.2, 0) is 6.42 Å². The number of hydrogen-bond acceptors (Lipinski definition) is 3. The number of nitrogen functional groups attached to an aromatic ring is 1. The van der Waals surface area contributed by atoms with Gasteiger partial charge in [-0.1, -0.05) is 0 Å². The lowest BCUT2D eigenvalue weighted by atomic mass is 10.0. The number of aromatic nitrogens is 1. The van der Waals surface area contributed by atoms with Crippen molar-refractivity contribution >= 4 is 21.6 Å². The number of aliphatic hydroxyl groups excluding tert-OH is 1. The van der Waals surface area contributed by atoms with E-state index in [-0.39, 0.29) is 0 Å². The zero-order valence-corrected chi connectivity index (χ0v) is 11.1. The highest BCUT2D eigenvalue weighted by Crippen LogP contribution is 2.24. The molecule has 18 heavy (non-hydrogen) atoms. The highest BCUT2D eigenvalue weighted by Gasteiger charge is 2.13. The van der Waals surface area contributed by atoms with Crippen molar-refractivity contribution in [3.63, 3.8) is 0 Å². The van der Waals surface area contributed by atoms with Gasteiger partial charge in [-0.15, -0.1) is 0 Å². The predicted molar refractivity (Wildman–Crippen MR) is 71.4 cm³/mol. The molecule has 94 valence electrons. The molecule has 0 saturated heterocycles. The van der Waals surface area contributed by atoms with E-state index in [0.29, 0.717) is 17.7 Å². The molecule has 1 heterocycles. The van der Waals surface area contributed by atoms with E-state index in [2.05, 4.69) is 20.9 Å². The Hall–Kier alpha value is -1.46. The molecule has 0 aliphatic rings. The van der Waals surface area contributed by atoms with Gasteiger partial charge in [0.1, 0.15) is 5.82 Å². The molecule has 3 N–H and O–H groups in total. The first-order valence-electron chi connectivity index (χ1n) is 5.39. The van der Waals surface area contributed by atoms with Gasteiger partial charge in [-0.2, -0.15) is 0 Å². The van der Waals surface area contributed by atoms with Gasteiger partial charge in [-0.3, -0.25) is 4.98 Å². The third-order valence-corrected chi connectivity index (χ3v) is 3.07. The fourth-order valence-electron chi connectivity index (χ4n) is 1.67. The summed E-state index contributed by atoms with van der Waals surface area (Å²) in [5.41, 5.74) is 7.20. The molecule has 0 spiro atoms. The maximum Gasteiger partial charge on any atom is 0.123 e. The topological polar surface area (TPSA) is 59.1 Å². The van der Waals surface area contributed by atoms with Crippen molar-refractivity contribution in [3.8, 4) is 0 Å².